The average molecular weight is 947 g/mol. The minimum Gasteiger partial charge on any atom is -0.478 e. The number of aliphatic carboxylic acids is 1. The van der Waals surface area contributed by atoms with Crippen LogP contribution in [0.2, 0.25) is 0 Å². The summed E-state index contributed by atoms with van der Waals surface area (Å²) in [6, 6.07) is 56.5. The van der Waals surface area contributed by atoms with E-state index < -0.39 is 46.8 Å². The highest BCUT2D eigenvalue weighted by molar-refractivity contribution is 6.40. The van der Waals surface area contributed by atoms with Crippen LogP contribution in [0.1, 0.15) is 90.0 Å². The molecule has 2 aliphatic heterocycles. The number of ether oxygens (including phenoxy) is 4. The number of Topliss-reactive ketones (excluding diaryl/α,β-unsaturated/α-hetero) is 1. The maximum Gasteiger partial charge on any atom is 0.379 e. The molecule has 0 bridgehead atoms. The molecule has 2 fully saturated rings. The Labute approximate surface area is 406 Å². The zero-order valence-corrected chi connectivity index (χ0v) is 39.0. The summed E-state index contributed by atoms with van der Waals surface area (Å²) in [5.74, 6) is -3.66. The molecule has 0 radical (unpaired) electrons. The van der Waals surface area contributed by atoms with Gasteiger partial charge in [-0.1, -0.05) is 189 Å². The van der Waals surface area contributed by atoms with Gasteiger partial charge in [-0.2, -0.15) is 9.59 Å². The second-order valence-corrected chi connectivity index (χ2v) is 15.3. The van der Waals surface area contributed by atoms with Crippen LogP contribution in [0, 0.1) is 0 Å². The average Bonchev–Trinajstić information content (AvgIpc) is 3.95. The van der Waals surface area contributed by atoms with E-state index in [2.05, 4.69) is 35.9 Å². The largest absolute Gasteiger partial charge is 0.478 e. The molecule has 0 spiro atoms. The lowest BCUT2D eigenvalue weighted by Crippen LogP contribution is -2.41. The zero-order chi connectivity index (χ0) is 50.8. The Morgan fingerprint density at radius 2 is 1.00 bits per heavy atom. The molecule has 0 amide bonds. The molecular weight excluding hydrogens is 893 g/mol. The number of carbonyl (C=O) groups excluding carboxylic acids is 7. The minimum absolute atomic E-state index is 0.0867. The molecule has 6 aromatic rings. The lowest BCUT2D eigenvalue weighted by Gasteiger charge is -2.33. The molecule has 2 heterocycles. The van der Waals surface area contributed by atoms with Gasteiger partial charge < -0.3 is 24.1 Å². The van der Waals surface area contributed by atoms with Crippen LogP contribution in [0.3, 0.4) is 0 Å². The van der Waals surface area contributed by atoms with Crippen LogP contribution in [-0.4, -0.2) is 60.1 Å². The summed E-state index contributed by atoms with van der Waals surface area (Å²) in [5.41, 5.74) is 3.09. The smallest absolute Gasteiger partial charge is 0.379 e. The van der Waals surface area contributed by atoms with Gasteiger partial charge in [-0.15, -0.1) is 0 Å². The molecule has 2 saturated heterocycles. The quantitative estimate of drug-likeness (QED) is 0.0401. The molecule has 13 nitrogen and oxygen atoms in total. The van der Waals surface area contributed by atoms with Crippen molar-refractivity contribution in [2.24, 2.45) is 0 Å². The number of esters is 4. The van der Waals surface area contributed by atoms with E-state index in [1.165, 1.54) is 5.56 Å². The van der Waals surface area contributed by atoms with Crippen LogP contribution in [0.25, 0.3) is 6.08 Å². The minimum atomic E-state index is -1.42. The van der Waals surface area contributed by atoms with Crippen LogP contribution in [-0.2, 0) is 63.7 Å². The van der Waals surface area contributed by atoms with Gasteiger partial charge in [-0.05, 0) is 48.6 Å². The van der Waals surface area contributed by atoms with Gasteiger partial charge in [0, 0.05) is 29.0 Å². The van der Waals surface area contributed by atoms with Gasteiger partial charge in [-0.3, -0.25) is 14.4 Å². The molecule has 0 aliphatic carbocycles. The van der Waals surface area contributed by atoms with Crippen molar-refractivity contribution in [3.63, 3.8) is 0 Å². The molecule has 2 aliphatic rings. The summed E-state index contributed by atoms with van der Waals surface area (Å²) in [6.07, 6.45) is 4.31. The lowest BCUT2D eigenvalue weighted by molar-refractivity contribution is -0.192. The Morgan fingerprint density at radius 3 is 1.47 bits per heavy atom. The predicted molar refractivity (Wildman–Crippen MR) is 258 cm³/mol. The number of carboxylic acid groups (broad SMARTS) is 1. The Bertz CT molecular complexity index is 2650. The van der Waals surface area contributed by atoms with E-state index in [9.17, 15) is 28.8 Å². The van der Waals surface area contributed by atoms with Gasteiger partial charge in [0.2, 0.25) is 5.60 Å². The van der Waals surface area contributed by atoms with Crippen LogP contribution in [0.4, 0.5) is 0 Å². The van der Waals surface area contributed by atoms with Gasteiger partial charge in [0.25, 0.3) is 5.78 Å². The predicted octanol–water partition coefficient (Wildman–Crippen LogP) is 9.83. The van der Waals surface area contributed by atoms with Crippen LogP contribution < -0.4 is 0 Å². The van der Waals surface area contributed by atoms with Crippen LogP contribution in [0.5, 0.6) is 0 Å². The SMILES string of the molecule is CCOC(=O)C(=O)c1ccccc1.CCOC(=O)[C@@]1(c2ccccc2)OC(=O)C[C@H]1c1ccccc1.CC[C@]1(c2ccccc2)OC(=O)C[C@H]1c1ccccc1.O=C(O)/C=C/c1ccccc1.O=C=O. The van der Waals surface area contributed by atoms with E-state index in [0.29, 0.717) is 17.5 Å². The van der Waals surface area contributed by atoms with Crippen LogP contribution in [0.15, 0.2) is 188 Å². The molecule has 1 N–H and O–H groups in total. The number of carbonyl (C=O) groups is 6. The summed E-state index contributed by atoms with van der Waals surface area (Å²) in [4.78, 5) is 85.4. The Hall–Kier alpha value is -8.54. The fourth-order valence-corrected chi connectivity index (χ4v) is 7.99. The van der Waals surface area contributed by atoms with Gasteiger partial charge in [0.1, 0.15) is 5.60 Å². The lowest BCUT2D eigenvalue weighted by atomic mass is 9.76. The number of cyclic esters (lactones) is 2. The first-order valence-corrected chi connectivity index (χ1v) is 22.4. The first-order chi connectivity index (χ1) is 33.9. The van der Waals surface area contributed by atoms with E-state index in [0.717, 1.165) is 29.2 Å². The number of carboxylic acids is 1. The Kier molecular flexibility index (Phi) is 21.6. The topological polar surface area (TPSA) is 194 Å². The zero-order valence-electron chi connectivity index (χ0n) is 39.0. The second-order valence-electron chi connectivity index (χ2n) is 15.3. The van der Waals surface area contributed by atoms with E-state index in [1.807, 2.05) is 115 Å². The van der Waals surface area contributed by atoms with E-state index in [4.69, 9.17) is 28.9 Å². The maximum absolute atomic E-state index is 12.8. The summed E-state index contributed by atoms with van der Waals surface area (Å²) in [5, 5.41) is 8.29. The number of hydrogen-bond donors (Lipinski definition) is 1. The van der Waals surface area contributed by atoms with Crippen molar-refractivity contribution >= 4 is 47.9 Å². The van der Waals surface area contributed by atoms with Crippen molar-refractivity contribution < 1.29 is 62.4 Å². The van der Waals surface area contributed by atoms with Gasteiger partial charge in [0.05, 0.1) is 26.1 Å². The summed E-state index contributed by atoms with van der Waals surface area (Å²) in [6.45, 7) is 5.94. The molecule has 13 heteroatoms. The number of ketones is 1. The molecular formula is C57H54O13. The van der Waals surface area contributed by atoms with Crippen molar-refractivity contribution in [2.75, 3.05) is 13.2 Å². The molecule has 70 heavy (non-hydrogen) atoms. The molecule has 0 saturated carbocycles. The molecule has 0 aromatic heterocycles. The van der Waals surface area contributed by atoms with Gasteiger partial charge in [0.15, 0.2) is 0 Å². The van der Waals surface area contributed by atoms with Gasteiger partial charge >= 0.3 is 36.0 Å². The highest BCUT2D eigenvalue weighted by atomic mass is 16.6. The maximum atomic E-state index is 12.8. The van der Waals surface area contributed by atoms with E-state index in [1.54, 1.807) is 62.4 Å². The number of rotatable bonds is 12. The van der Waals surface area contributed by atoms with Crippen molar-refractivity contribution in [1.82, 2.24) is 0 Å². The molecule has 360 valence electrons. The summed E-state index contributed by atoms with van der Waals surface area (Å²) in [7, 11) is 0. The first-order valence-electron chi connectivity index (χ1n) is 22.4. The fourth-order valence-electron chi connectivity index (χ4n) is 7.99. The third kappa shape index (κ3) is 14.7. The fraction of sp³-hybridized carbons (Fsp3) is 0.211. The normalized spacial score (nSPS) is 18.4. The van der Waals surface area contributed by atoms with Gasteiger partial charge in [-0.25, -0.2) is 14.4 Å². The summed E-state index contributed by atoms with van der Waals surface area (Å²) >= 11 is 0. The highest BCUT2D eigenvalue weighted by Crippen LogP contribution is 2.50. The van der Waals surface area contributed by atoms with E-state index >= 15 is 0 Å². The second kappa shape index (κ2) is 27.9. The van der Waals surface area contributed by atoms with Crippen molar-refractivity contribution in [3.8, 4) is 0 Å². The van der Waals surface area contributed by atoms with E-state index in [-0.39, 0.29) is 37.7 Å². The third-order valence-corrected chi connectivity index (χ3v) is 11.1. The summed E-state index contributed by atoms with van der Waals surface area (Å²) < 4.78 is 21.3. The molecule has 4 atom stereocenters. The molecule has 0 unspecified atom stereocenters. The highest BCUT2D eigenvalue weighted by Gasteiger charge is 2.58. The third-order valence-electron chi connectivity index (χ3n) is 11.1. The van der Waals surface area contributed by atoms with Crippen molar-refractivity contribution in [3.05, 3.63) is 221 Å². The Balaban J connectivity index is 0.000000207. The monoisotopic (exact) mass is 946 g/mol. The van der Waals surface area contributed by atoms with Crippen LogP contribution >= 0.6 is 0 Å². The molecule has 8 rings (SSSR count). The first kappa shape index (κ1) is 54.1. The Morgan fingerprint density at radius 1 is 0.586 bits per heavy atom. The number of benzene rings is 6. The molecule has 6 aromatic carbocycles. The van der Waals surface area contributed by atoms with Crippen molar-refractivity contribution in [1.29, 1.82) is 0 Å². The van der Waals surface area contributed by atoms with Crippen molar-refractivity contribution in [2.45, 2.75) is 63.1 Å². The number of hydrogen-bond acceptors (Lipinski definition) is 12. The standard InChI is InChI=1S/C19H18O4.C18H18O2.C10H10O3.C9H8O2.CO2/c1-2-22-18(21)19(15-11-7-4-8-12-15)16(13-17(20)23-19)14-9-5-3-6-10-14;1-2-18(15-11-7-4-8-12-15)16(13-17(19)20-18)14-9-5-3-6-10-14;1-2-13-10(12)9(11)8-6-4-3-5-7-8;10-9(11)7-6-8-4-2-1-3-5-8;2-1-3/h3-12,16H,2,13H2,1H3;3-12,16H,2,13H2,1H3;3-7H,2H2,1H3;1-7H,(H,10,11);/b;;;7-6+;/t16-,19-;16-,18+;;;/m00.../s1.